The van der Waals surface area contributed by atoms with E-state index in [-0.39, 0.29) is 0 Å². The first-order chi connectivity index (χ1) is 18.4. The van der Waals surface area contributed by atoms with Crippen LogP contribution in [0.1, 0.15) is 11.3 Å². The Kier molecular flexibility index (Phi) is 7.63. The van der Waals surface area contributed by atoms with Crippen LogP contribution in [0.4, 0.5) is 11.4 Å². The number of quaternary nitrogens is 2. The van der Waals surface area contributed by atoms with Crippen LogP contribution < -0.4 is 24.6 Å². The highest BCUT2D eigenvalue weighted by Crippen LogP contribution is 2.41. The summed E-state index contributed by atoms with van der Waals surface area (Å²) in [5.41, 5.74) is 2.91. The molecule has 8 nitrogen and oxygen atoms in total. The van der Waals surface area contributed by atoms with E-state index in [1.54, 1.807) is 24.1 Å². The van der Waals surface area contributed by atoms with E-state index in [0.717, 1.165) is 31.0 Å². The van der Waals surface area contributed by atoms with Crippen LogP contribution in [0, 0.1) is 11.3 Å². The largest absolute Gasteiger partial charge is 0.496 e. The first kappa shape index (κ1) is 26.1. The minimum atomic E-state index is 0.356. The van der Waals surface area contributed by atoms with Crippen LogP contribution >= 0.6 is 23.2 Å². The number of nitrogens with zero attached hydrogens (tertiary/aromatic N) is 2. The van der Waals surface area contributed by atoms with Crippen molar-refractivity contribution in [3.8, 4) is 28.9 Å². The molecule has 0 radical (unpaired) electrons. The Labute approximate surface area is 231 Å². The van der Waals surface area contributed by atoms with Crippen molar-refractivity contribution in [2.75, 3.05) is 52.8 Å². The van der Waals surface area contributed by atoms with Crippen LogP contribution in [0.15, 0.2) is 47.0 Å². The fourth-order valence-corrected chi connectivity index (χ4v) is 5.29. The van der Waals surface area contributed by atoms with Crippen molar-refractivity contribution in [1.29, 1.82) is 5.26 Å². The van der Waals surface area contributed by atoms with Gasteiger partial charge in [0.1, 0.15) is 56.1 Å². The average Bonchev–Trinajstić information content (AvgIpc) is 3.39. The topological polar surface area (TPSA) is 89.2 Å². The number of pyridine rings is 1. The molecule has 5 rings (SSSR count). The van der Waals surface area contributed by atoms with Crippen LogP contribution in [0.2, 0.25) is 10.0 Å². The van der Waals surface area contributed by atoms with Crippen LogP contribution in [0.3, 0.4) is 0 Å². The molecule has 1 aliphatic rings. The van der Waals surface area contributed by atoms with E-state index in [1.165, 1.54) is 31.3 Å². The average molecular weight is 554 g/mol. The van der Waals surface area contributed by atoms with Gasteiger partial charge >= 0.3 is 0 Å². The summed E-state index contributed by atoms with van der Waals surface area (Å²) in [6.07, 6.45) is 1.54. The van der Waals surface area contributed by atoms with Crippen molar-refractivity contribution in [2.45, 2.75) is 6.54 Å². The van der Waals surface area contributed by atoms with Crippen molar-refractivity contribution >= 4 is 45.5 Å². The number of furan rings is 1. The number of nitriles is 1. The van der Waals surface area contributed by atoms with Gasteiger partial charge in [0.2, 0.25) is 0 Å². The summed E-state index contributed by atoms with van der Waals surface area (Å²) in [6.45, 7) is 5.45. The number of fused-ring (bicyclic) bond motifs is 1. The van der Waals surface area contributed by atoms with E-state index in [4.69, 9.17) is 37.1 Å². The molecule has 0 unspecified atom stereocenters. The van der Waals surface area contributed by atoms with E-state index in [1.807, 2.05) is 24.3 Å². The molecule has 0 amide bonds. The molecule has 196 valence electrons. The molecule has 4 aromatic rings. The normalized spacial score (nSPS) is 17.3. The molecule has 2 aromatic heterocycles. The van der Waals surface area contributed by atoms with Crippen molar-refractivity contribution in [2.24, 2.45) is 0 Å². The Morgan fingerprint density at radius 2 is 1.79 bits per heavy atom. The number of hydrogen-bond donors (Lipinski definition) is 3. The predicted octanol–water partition coefficient (Wildman–Crippen LogP) is 3.35. The van der Waals surface area contributed by atoms with E-state index in [2.05, 4.69) is 23.4 Å². The molecule has 1 saturated heterocycles. The van der Waals surface area contributed by atoms with E-state index < -0.39 is 0 Å². The lowest BCUT2D eigenvalue weighted by Gasteiger charge is -2.26. The number of nitrogens with one attached hydrogen (secondary N) is 3. The molecule has 0 atom stereocenters. The van der Waals surface area contributed by atoms with Crippen molar-refractivity contribution in [3.05, 3.63) is 64.0 Å². The number of ether oxygens (including phenoxy) is 2. The second-order valence-corrected chi connectivity index (χ2v) is 10.3. The quantitative estimate of drug-likeness (QED) is 0.325. The Balaban J connectivity index is 1.52. The van der Waals surface area contributed by atoms with Gasteiger partial charge in [-0.1, -0.05) is 23.2 Å². The number of halogens is 2. The summed E-state index contributed by atoms with van der Waals surface area (Å²) >= 11 is 12.7. The highest BCUT2D eigenvalue weighted by molar-refractivity contribution is 6.37. The molecule has 38 heavy (non-hydrogen) atoms. The first-order valence-corrected chi connectivity index (χ1v) is 13.1. The summed E-state index contributed by atoms with van der Waals surface area (Å²) in [5, 5.41) is 14.6. The number of likely N-dealkylation sites (N-methyl/N-ethyl adjacent to an activating group) is 1. The van der Waals surface area contributed by atoms with Gasteiger partial charge in [-0.05, 0) is 30.3 Å². The minimum absolute atomic E-state index is 0.356. The molecular weight excluding hydrogens is 525 g/mol. The highest BCUT2D eigenvalue weighted by Gasteiger charge is 2.22. The third kappa shape index (κ3) is 5.24. The standard InChI is InChI=1S/C28H27Cl2N5O3/c1-34-6-8-35(9-7-34)16-18-4-5-25(38-18)20-10-23-19(11-26(20)36-2)28(17(14-31)15-32-23)33-24-13-27(37-3)22(30)12-21(24)29/h4-5,10-13,15H,6-9,16H2,1-3H3,(H,32,33)/p+2. The Hall–Kier alpha value is -3.48. The van der Waals surface area contributed by atoms with Crippen LogP contribution in [-0.2, 0) is 6.54 Å². The predicted molar refractivity (Wildman–Crippen MR) is 148 cm³/mol. The number of benzene rings is 2. The minimum Gasteiger partial charge on any atom is -0.496 e. The number of anilines is 2. The van der Waals surface area contributed by atoms with Gasteiger partial charge in [-0.3, -0.25) is 4.98 Å². The van der Waals surface area contributed by atoms with Gasteiger partial charge in [-0.2, -0.15) is 5.26 Å². The highest BCUT2D eigenvalue weighted by atomic mass is 35.5. The Morgan fingerprint density at radius 3 is 2.50 bits per heavy atom. The molecule has 2 aromatic carbocycles. The maximum Gasteiger partial charge on any atom is 0.158 e. The van der Waals surface area contributed by atoms with Crippen molar-refractivity contribution in [1.82, 2.24) is 4.98 Å². The summed E-state index contributed by atoms with van der Waals surface area (Å²) in [5.74, 6) is 2.72. The second kappa shape index (κ2) is 11.1. The molecular formula is C28H29Cl2N5O3+2. The van der Waals surface area contributed by atoms with Gasteiger partial charge in [-0.25, -0.2) is 0 Å². The van der Waals surface area contributed by atoms with Crippen LogP contribution in [0.5, 0.6) is 11.5 Å². The molecule has 1 aliphatic heterocycles. The van der Waals surface area contributed by atoms with E-state index in [9.17, 15) is 5.26 Å². The fraction of sp³-hybridized carbons (Fsp3) is 0.286. The summed E-state index contributed by atoms with van der Waals surface area (Å²) in [7, 11) is 5.38. The molecule has 0 bridgehead atoms. The van der Waals surface area contributed by atoms with Gasteiger partial charge in [0, 0.05) is 17.6 Å². The molecule has 3 heterocycles. The van der Waals surface area contributed by atoms with Crippen LogP contribution in [-0.4, -0.2) is 52.4 Å². The molecule has 0 spiro atoms. The third-order valence-corrected chi connectivity index (χ3v) is 7.58. The van der Waals surface area contributed by atoms with E-state index >= 15 is 0 Å². The maximum absolute atomic E-state index is 9.82. The van der Waals surface area contributed by atoms with Crippen molar-refractivity contribution in [3.63, 3.8) is 0 Å². The van der Waals surface area contributed by atoms with Gasteiger partial charge in [-0.15, -0.1) is 0 Å². The number of hydrogen-bond acceptors (Lipinski definition) is 6. The summed E-state index contributed by atoms with van der Waals surface area (Å²) < 4.78 is 17.4. The SMILES string of the molecule is COc1cc(Nc2c(C#N)cnc3cc(-c4ccc(C[NH+]5CC[NH+](C)CC5)o4)c(OC)cc23)c(Cl)cc1Cl. The van der Waals surface area contributed by atoms with Gasteiger partial charge in [0.15, 0.2) is 5.76 Å². The monoisotopic (exact) mass is 553 g/mol. The van der Waals surface area contributed by atoms with E-state index in [0.29, 0.717) is 55.1 Å². The number of aromatic nitrogens is 1. The maximum atomic E-state index is 9.82. The molecule has 3 N–H and O–H groups in total. The molecule has 0 saturated carbocycles. The molecule has 10 heteroatoms. The van der Waals surface area contributed by atoms with Crippen LogP contribution in [0.25, 0.3) is 22.2 Å². The lowest BCUT2D eigenvalue weighted by atomic mass is 10.0. The van der Waals surface area contributed by atoms with Gasteiger partial charge in [0.05, 0.1) is 59.3 Å². The number of methoxy groups -OCH3 is 2. The third-order valence-electron chi connectivity index (χ3n) is 6.97. The molecule has 1 fully saturated rings. The Bertz CT molecular complexity index is 1520. The summed E-state index contributed by atoms with van der Waals surface area (Å²) in [6, 6.07) is 13.3. The lowest BCUT2D eigenvalue weighted by molar-refractivity contribution is -1.01. The van der Waals surface area contributed by atoms with Crippen molar-refractivity contribution < 1.29 is 23.7 Å². The zero-order valence-electron chi connectivity index (χ0n) is 21.5. The smallest absolute Gasteiger partial charge is 0.158 e. The zero-order chi connectivity index (χ0) is 26.8. The zero-order valence-corrected chi connectivity index (χ0v) is 23.0. The Morgan fingerprint density at radius 1 is 1.03 bits per heavy atom. The fourth-order valence-electron chi connectivity index (χ4n) is 4.79. The van der Waals surface area contributed by atoms with Gasteiger partial charge < -0.3 is 29.0 Å². The lowest BCUT2D eigenvalue weighted by Crippen LogP contribution is -3.26. The first-order valence-electron chi connectivity index (χ1n) is 12.3. The number of rotatable bonds is 7. The summed E-state index contributed by atoms with van der Waals surface area (Å²) in [4.78, 5) is 7.65. The number of piperazine rings is 1. The molecule has 0 aliphatic carbocycles. The van der Waals surface area contributed by atoms with Gasteiger partial charge in [0.25, 0.3) is 0 Å². The second-order valence-electron chi connectivity index (χ2n) is 9.47.